The van der Waals surface area contributed by atoms with E-state index in [1.165, 1.54) is 5.56 Å². The van der Waals surface area contributed by atoms with Gasteiger partial charge >= 0.3 is 0 Å². The van der Waals surface area contributed by atoms with Crippen molar-refractivity contribution in [3.63, 3.8) is 0 Å². The van der Waals surface area contributed by atoms with Crippen LogP contribution in [0.4, 0.5) is 0 Å². The first-order chi connectivity index (χ1) is 13.0. The fraction of sp³-hybridized carbons (Fsp3) is 0.545. The van der Waals surface area contributed by atoms with Crippen molar-refractivity contribution in [2.75, 3.05) is 13.2 Å². The molecular weight excluding hydrogens is 340 g/mol. The van der Waals surface area contributed by atoms with Crippen LogP contribution in [0.5, 0.6) is 0 Å². The molecule has 2 rings (SSSR count). The van der Waals surface area contributed by atoms with E-state index < -0.39 is 11.6 Å². The molecule has 1 unspecified atom stereocenters. The Kier molecular flexibility index (Phi) is 8.04. The summed E-state index contributed by atoms with van der Waals surface area (Å²) in [7, 11) is 0. The van der Waals surface area contributed by atoms with Crippen LogP contribution in [0, 0.1) is 0 Å². The van der Waals surface area contributed by atoms with Gasteiger partial charge in [-0.3, -0.25) is 0 Å². The maximum atomic E-state index is 10.8. The predicted molar refractivity (Wildman–Crippen MR) is 111 cm³/mol. The molecule has 5 nitrogen and oxygen atoms in total. The van der Waals surface area contributed by atoms with Gasteiger partial charge < -0.3 is 14.6 Å². The molecule has 0 amide bonds. The van der Waals surface area contributed by atoms with Crippen LogP contribution in [-0.4, -0.2) is 47.8 Å². The lowest BCUT2D eigenvalue weighted by Gasteiger charge is -2.34. The molecule has 5 heteroatoms. The Morgan fingerprint density at radius 3 is 2.56 bits per heavy atom. The highest BCUT2D eigenvalue weighted by atomic mass is 16.5. The largest absolute Gasteiger partial charge is 0.480 e. The number of hydrogen-bond donors (Lipinski definition) is 1. The second-order valence-corrected chi connectivity index (χ2v) is 6.82. The van der Waals surface area contributed by atoms with Crippen LogP contribution >= 0.6 is 0 Å². The van der Waals surface area contributed by atoms with E-state index in [1.807, 2.05) is 39.8 Å². The molecule has 0 spiro atoms. The Morgan fingerprint density at radius 1 is 1.19 bits per heavy atom. The van der Waals surface area contributed by atoms with Crippen LogP contribution < -0.4 is 0 Å². The van der Waals surface area contributed by atoms with E-state index in [0.29, 0.717) is 25.0 Å². The van der Waals surface area contributed by atoms with Gasteiger partial charge in [-0.25, -0.2) is 9.98 Å². The Labute approximate surface area is 162 Å². The molecule has 0 fully saturated rings. The molecule has 0 saturated heterocycles. The smallest absolute Gasteiger partial charge is 0.215 e. The highest BCUT2D eigenvalue weighted by Crippen LogP contribution is 2.26. The van der Waals surface area contributed by atoms with Crippen molar-refractivity contribution in [1.82, 2.24) is 0 Å². The standard InChI is InChI=1S/C22H32N2O3/c1-5-26-20-17(3)23-21(27-6-2)22(4,24-20)19(25)16-12-8-11-15-18-13-9-7-10-14-18/h7,9-10,12-14,16-17,19,25H,5-6,8,11,15H2,1-4H3/b16-12+/t17-,19?,22+/m1/s1. The maximum absolute atomic E-state index is 10.8. The number of nitrogens with zero attached hydrogens (tertiary/aromatic N) is 2. The monoisotopic (exact) mass is 372 g/mol. The van der Waals surface area contributed by atoms with Gasteiger partial charge in [-0.1, -0.05) is 42.5 Å². The molecule has 0 radical (unpaired) electrons. The summed E-state index contributed by atoms with van der Waals surface area (Å²) in [6.45, 7) is 8.57. The van der Waals surface area contributed by atoms with Crippen molar-refractivity contribution in [1.29, 1.82) is 0 Å². The van der Waals surface area contributed by atoms with Gasteiger partial charge in [-0.05, 0) is 52.5 Å². The highest BCUT2D eigenvalue weighted by molar-refractivity contribution is 5.97. The first kappa shape index (κ1) is 21.2. The van der Waals surface area contributed by atoms with Gasteiger partial charge in [0, 0.05) is 0 Å². The molecule has 0 aliphatic carbocycles. The third-order valence-corrected chi connectivity index (χ3v) is 4.59. The third-order valence-electron chi connectivity index (χ3n) is 4.59. The zero-order chi connectivity index (χ0) is 19.7. The van der Waals surface area contributed by atoms with Gasteiger partial charge in [0.2, 0.25) is 11.8 Å². The molecule has 1 heterocycles. The molecule has 148 valence electrons. The topological polar surface area (TPSA) is 63.4 Å². The van der Waals surface area contributed by atoms with Crippen LogP contribution in [0.2, 0.25) is 0 Å². The Hall–Kier alpha value is -2.14. The molecular formula is C22H32N2O3. The summed E-state index contributed by atoms with van der Waals surface area (Å²) in [5.74, 6) is 1.00. The van der Waals surface area contributed by atoms with Crippen molar-refractivity contribution in [2.45, 2.75) is 64.6 Å². The van der Waals surface area contributed by atoms with Gasteiger partial charge in [0.05, 0.1) is 13.2 Å². The molecule has 1 N–H and O–H groups in total. The van der Waals surface area contributed by atoms with Gasteiger partial charge in [0.15, 0.2) is 5.54 Å². The van der Waals surface area contributed by atoms with Gasteiger partial charge in [-0.2, -0.15) is 0 Å². The number of aliphatic imine (C=N–C) groups is 2. The lowest BCUT2D eigenvalue weighted by Crippen LogP contribution is -2.50. The summed E-state index contributed by atoms with van der Waals surface area (Å²) in [5, 5.41) is 10.8. The van der Waals surface area contributed by atoms with Gasteiger partial charge in [0.25, 0.3) is 0 Å². The molecule has 1 aromatic carbocycles. The first-order valence-electron chi connectivity index (χ1n) is 9.83. The fourth-order valence-electron chi connectivity index (χ4n) is 3.03. The second kappa shape index (κ2) is 10.3. The minimum atomic E-state index is -0.969. The van der Waals surface area contributed by atoms with E-state index in [2.05, 4.69) is 34.3 Å². The number of aliphatic hydroxyl groups is 1. The number of ether oxygens (including phenoxy) is 2. The molecule has 0 bridgehead atoms. The predicted octanol–water partition coefficient (Wildman–Crippen LogP) is 3.96. The molecule has 1 aromatic rings. The summed E-state index contributed by atoms with van der Waals surface area (Å²) in [4.78, 5) is 9.24. The SMILES string of the molecule is CCOC1=N[C@@](C)(C(O)/C=C/CCCc2ccccc2)C(OCC)=N[C@@H]1C. The average Bonchev–Trinajstić information content (AvgIpc) is 2.66. The summed E-state index contributed by atoms with van der Waals surface area (Å²) in [6, 6.07) is 10.2. The molecule has 0 saturated carbocycles. The summed E-state index contributed by atoms with van der Waals surface area (Å²) >= 11 is 0. The van der Waals surface area contributed by atoms with Crippen LogP contribution in [-0.2, 0) is 15.9 Å². The minimum absolute atomic E-state index is 0.207. The van der Waals surface area contributed by atoms with E-state index in [0.717, 1.165) is 19.3 Å². The van der Waals surface area contributed by atoms with E-state index in [9.17, 15) is 5.11 Å². The summed E-state index contributed by atoms with van der Waals surface area (Å²) in [5.41, 5.74) is 0.361. The number of unbranched alkanes of at least 4 members (excludes halogenated alkanes) is 1. The zero-order valence-electron chi connectivity index (χ0n) is 16.9. The van der Waals surface area contributed by atoms with Crippen molar-refractivity contribution < 1.29 is 14.6 Å². The lowest BCUT2D eigenvalue weighted by atomic mass is 9.92. The highest BCUT2D eigenvalue weighted by Gasteiger charge is 2.43. The molecule has 27 heavy (non-hydrogen) atoms. The quantitative estimate of drug-likeness (QED) is 0.555. The van der Waals surface area contributed by atoms with E-state index in [4.69, 9.17) is 9.47 Å². The molecule has 0 aromatic heterocycles. The normalized spacial score (nSPS) is 23.7. The van der Waals surface area contributed by atoms with Gasteiger partial charge in [-0.15, -0.1) is 0 Å². The van der Waals surface area contributed by atoms with Crippen LogP contribution in [0.3, 0.4) is 0 Å². The number of aliphatic hydroxyl groups excluding tert-OH is 1. The number of allylic oxidation sites excluding steroid dienone is 1. The minimum Gasteiger partial charge on any atom is -0.480 e. The second-order valence-electron chi connectivity index (χ2n) is 6.82. The Bertz CT molecular complexity index is 669. The molecule has 3 atom stereocenters. The van der Waals surface area contributed by atoms with Crippen molar-refractivity contribution in [3.8, 4) is 0 Å². The zero-order valence-corrected chi connectivity index (χ0v) is 16.9. The van der Waals surface area contributed by atoms with Crippen LogP contribution in [0.25, 0.3) is 0 Å². The molecule has 1 aliphatic rings. The van der Waals surface area contributed by atoms with Crippen molar-refractivity contribution in [2.24, 2.45) is 9.98 Å². The van der Waals surface area contributed by atoms with E-state index in [-0.39, 0.29) is 6.04 Å². The number of rotatable bonds is 8. The summed E-state index contributed by atoms with van der Waals surface area (Å²) < 4.78 is 11.3. The number of aryl methyl sites for hydroxylation is 1. The van der Waals surface area contributed by atoms with Crippen molar-refractivity contribution >= 4 is 11.8 Å². The van der Waals surface area contributed by atoms with Gasteiger partial charge in [0.1, 0.15) is 12.1 Å². The first-order valence-corrected chi connectivity index (χ1v) is 9.83. The maximum Gasteiger partial charge on any atom is 0.215 e. The number of hydrogen-bond acceptors (Lipinski definition) is 5. The number of benzene rings is 1. The van der Waals surface area contributed by atoms with Crippen LogP contribution in [0.15, 0.2) is 52.5 Å². The van der Waals surface area contributed by atoms with Crippen molar-refractivity contribution in [3.05, 3.63) is 48.0 Å². The van der Waals surface area contributed by atoms with E-state index >= 15 is 0 Å². The van der Waals surface area contributed by atoms with E-state index in [1.54, 1.807) is 6.08 Å². The fourth-order valence-corrected chi connectivity index (χ4v) is 3.03. The molecule has 1 aliphatic heterocycles. The van der Waals surface area contributed by atoms with Crippen LogP contribution in [0.1, 0.15) is 46.1 Å². The Balaban J connectivity index is 2.01. The average molecular weight is 373 g/mol. The lowest BCUT2D eigenvalue weighted by molar-refractivity contribution is 0.146. The Morgan fingerprint density at radius 2 is 1.89 bits per heavy atom. The third kappa shape index (κ3) is 5.67. The summed E-state index contributed by atoms with van der Waals surface area (Å²) in [6.07, 6.45) is 5.91.